The van der Waals surface area contributed by atoms with Crippen molar-refractivity contribution in [2.24, 2.45) is 0 Å². The zero-order chi connectivity index (χ0) is 10.8. The van der Waals surface area contributed by atoms with E-state index in [9.17, 15) is 0 Å². The Morgan fingerprint density at radius 1 is 1.40 bits per heavy atom. The monoisotopic (exact) mass is 208 g/mol. The van der Waals surface area contributed by atoms with E-state index in [0.29, 0.717) is 6.04 Å². The molecule has 0 radical (unpaired) electrons. The summed E-state index contributed by atoms with van der Waals surface area (Å²) in [6.07, 6.45) is 8.70. The number of hydrogen-bond donors (Lipinski definition) is 1. The van der Waals surface area contributed by atoms with Crippen LogP contribution in [-0.4, -0.2) is 36.1 Å². The highest BCUT2D eigenvalue weighted by atomic mass is 15.2. The lowest BCUT2D eigenvalue weighted by atomic mass is 9.95. The van der Waals surface area contributed by atoms with E-state index in [0.717, 1.165) is 24.5 Å². The Labute approximate surface area is 93.7 Å². The third-order valence-corrected chi connectivity index (χ3v) is 4.21. The first-order valence-corrected chi connectivity index (χ1v) is 6.31. The Hall–Kier alpha value is -0.340. The van der Waals surface area contributed by atoms with E-state index in [-0.39, 0.29) is 0 Å². The molecule has 2 heterocycles. The largest absolute Gasteiger partial charge is 0.317 e. The molecule has 2 nitrogen and oxygen atoms in total. The van der Waals surface area contributed by atoms with E-state index >= 15 is 0 Å². The molecule has 2 bridgehead atoms. The van der Waals surface area contributed by atoms with E-state index < -0.39 is 0 Å². The highest BCUT2D eigenvalue weighted by molar-refractivity contribution is 4.99. The van der Waals surface area contributed by atoms with Crippen LogP contribution < -0.4 is 5.32 Å². The highest BCUT2D eigenvalue weighted by Crippen LogP contribution is 2.37. The third-order valence-electron chi connectivity index (χ3n) is 4.21. The molecule has 2 fully saturated rings. The molecule has 0 aromatic rings. The van der Waals surface area contributed by atoms with Gasteiger partial charge in [-0.25, -0.2) is 0 Å². The predicted octanol–water partition coefficient (Wildman–Crippen LogP) is 2.17. The van der Waals surface area contributed by atoms with Crippen LogP contribution >= 0.6 is 0 Å². The lowest BCUT2D eigenvalue weighted by Crippen LogP contribution is -2.51. The van der Waals surface area contributed by atoms with Gasteiger partial charge in [0.05, 0.1) is 0 Å². The zero-order valence-electron chi connectivity index (χ0n) is 10.1. The van der Waals surface area contributed by atoms with E-state index in [1.165, 1.54) is 25.7 Å². The molecule has 0 saturated carbocycles. The molecule has 0 amide bonds. The average molecular weight is 208 g/mol. The Balaban J connectivity index is 2.00. The Morgan fingerprint density at radius 2 is 2.00 bits per heavy atom. The molecule has 0 aromatic heterocycles. The van der Waals surface area contributed by atoms with E-state index in [1.807, 2.05) is 0 Å². The number of rotatable bonds is 4. The maximum absolute atomic E-state index is 3.86. The first-order valence-electron chi connectivity index (χ1n) is 6.31. The lowest BCUT2D eigenvalue weighted by Gasteiger charge is -2.42. The highest BCUT2D eigenvalue weighted by Gasteiger charge is 2.41. The summed E-state index contributed by atoms with van der Waals surface area (Å²) in [4.78, 5) is 2.76. The summed E-state index contributed by atoms with van der Waals surface area (Å²) in [6, 6.07) is 3.11. The van der Waals surface area contributed by atoms with Crippen molar-refractivity contribution in [2.75, 3.05) is 7.05 Å². The van der Waals surface area contributed by atoms with Crippen LogP contribution in [0.3, 0.4) is 0 Å². The van der Waals surface area contributed by atoms with Gasteiger partial charge in [-0.3, -0.25) is 4.90 Å². The maximum atomic E-state index is 3.86. The van der Waals surface area contributed by atoms with Crippen molar-refractivity contribution in [3.05, 3.63) is 12.7 Å². The molecule has 15 heavy (non-hydrogen) atoms. The summed E-state index contributed by atoms with van der Waals surface area (Å²) in [5.41, 5.74) is 0. The molecule has 0 spiro atoms. The van der Waals surface area contributed by atoms with Crippen LogP contribution in [0.25, 0.3) is 0 Å². The third kappa shape index (κ3) is 2.11. The van der Waals surface area contributed by atoms with Gasteiger partial charge in [0.1, 0.15) is 0 Å². The SMILES string of the molecule is C=CCC(C)N1C2CCC1CC(NC)C2. The van der Waals surface area contributed by atoms with Gasteiger partial charge in [-0.05, 0) is 46.1 Å². The molecule has 2 rings (SSSR count). The molecule has 2 heteroatoms. The van der Waals surface area contributed by atoms with Crippen LogP contribution in [0.5, 0.6) is 0 Å². The van der Waals surface area contributed by atoms with Gasteiger partial charge in [0.2, 0.25) is 0 Å². The minimum atomic E-state index is 0.692. The quantitative estimate of drug-likeness (QED) is 0.712. The van der Waals surface area contributed by atoms with Crippen molar-refractivity contribution < 1.29 is 0 Å². The molecule has 3 unspecified atom stereocenters. The number of nitrogens with one attached hydrogen (secondary N) is 1. The summed E-state index contributed by atoms with van der Waals surface area (Å²) in [6.45, 7) is 6.21. The lowest BCUT2D eigenvalue weighted by molar-refractivity contribution is 0.0803. The number of piperidine rings is 1. The van der Waals surface area contributed by atoms with Gasteiger partial charge in [0.15, 0.2) is 0 Å². The fourth-order valence-corrected chi connectivity index (χ4v) is 3.53. The molecule has 0 aliphatic carbocycles. The number of fused-ring (bicyclic) bond motifs is 2. The van der Waals surface area contributed by atoms with Crippen LogP contribution in [0.2, 0.25) is 0 Å². The summed E-state index contributed by atoms with van der Waals surface area (Å²) in [5, 5.41) is 3.45. The molecule has 86 valence electrons. The van der Waals surface area contributed by atoms with Gasteiger partial charge in [-0.15, -0.1) is 6.58 Å². The second-order valence-electron chi connectivity index (χ2n) is 5.16. The Morgan fingerprint density at radius 3 is 2.47 bits per heavy atom. The van der Waals surface area contributed by atoms with Gasteiger partial charge in [-0.1, -0.05) is 6.08 Å². The normalized spacial score (nSPS) is 37.9. The van der Waals surface area contributed by atoms with Crippen molar-refractivity contribution in [3.8, 4) is 0 Å². The number of nitrogens with zero attached hydrogens (tertiary/aromatic N) is 1. The molecule has 2 aliphatic rings. The second kappa shape index (κ2) is 4.67. The predicted molar refractivity (Wildman–Crippen MR) is 65.0 cm³/mol. The van der Waals surface area contributed by atoms with Crippen LogP contribution in [-0.2, 0) is 0 Å². The van der Waals surface area contributed by atoms with Crippen LogP contribution in [0.1, 0.15) is 39.0 Å². The molecular weight excluding hydrogens is 184 g/mol. The summed E-state index contributed by atoms with van der Waals surface area (Å²) >= 11 is 0. The van der Waals surface area contributed by atoms with Crippen molar-refractivity contribution in [1.82, 2.24) is 10.2 Å². The average Bonchev–Trinajstić information content (AvgIpc) is 2.50. The smallest absolute Gasteiger partial charge is 0.0116 e. The maximum Gasteiger partial charge on any atom is 0.0116 e. The van der Waals surface area contributed by atoms with E-state index in [4.69, 9.17) is 0 Å². The molecular formula is C13H24N2. The standard InChI is InChI=1S/C13H24N2/c1-4-5-10(2)15-12-6-7-13(15)9-11(8-12)14-3/h4,10-14H,1,5-9H2,2-3H3. The Bertz CT molecular complexity index is 213. The summed E-state index contributed by atoms with van der Waals surface area (Å²) in [5.74, 6) is 0. The minimum absolute atomic E-state index is 0.692. The van der Waals surface area contributed by atoms with Gasteiger partial charge in [0.25, 0.3) is 0 Å². The molecule has 2 aliphatic heterocycles. The van der Waals surface area contributed by atoms with Crippen LogP contribution in [0.4, 0.5) is 0 Å². The zero-order valence-corrected chi connectivity index (χ0v) is 10.1. The van der Waals surface area contributed by atoms with Crippen LogP contribution in [0.15, 0.2) is 12.7 Å². The Kier molecular flexibility index (Phi) is 3.47. The first-order chi connectivity index (χ1) is 7.26. The summed E-state index contributed by atoms with van der Waals surface area (Å²) < 4.78 is 0. The molecule has 3 atom stereocenters. The minimum Gasteiger partial charge on any atom is -0.317 e. The van der Waals surface area contributed by atoms with Gasteiger partial charge in [0, 0.05) is 24.2 Å². The molecule has 2 saturated heterocycles. The van der Waals surface area contributed by atoms with Gasteiger partial charge >= 0.3 is 0 Å². The fourth-order valence-electron chi connectivity index (χ4n) is 3.53. The van der Waals surface area contributed by atoms with E-state index in [1.54, 1.807) is 0 Å². The second-order valence-corrected chi connectivity index (χ2v) is 5.16. The first kappa shape index (κ1) is 11.2. The van der Waals surface area contributed by atoms with E-state index in [2.05, 4.69) is 36.8 Å². The van der Waals surface area contributed by atoms with Gasteiger partial charge < -0.3 is 5.32 Å². The molecule has 1 N–H and O–H groups in total. The summed E-state index contributed by atoms with van der Waals surface area (Å²) in [7, 11) is 2.10. The van der Waals surface area contributed by atoms with Crippen molar-refractivity contribution in [1.29, 1.82) is 0 Å². The number of hydrogen-bond acceptors (Lipinski definition) is 2. The van der Waals surface area contributed by atoms with Crippen molar-refractivity contribution in [2.45, 2.75) is 63.2 Å². The topological polar surface area (TPSA) is 15.3 Å². The van der Waals surface area contributed by atoms with Crippen LogP contribution in [0, 0.1) is 0 Å². The van der Waals surface area contributed by atoms with Crippen molar-refractivity contribution >= 4 is 0 Å². The fraction of sp³-hybridized carbons (Fsp3) is 0.846. The van der Waals surface area contributed by atoms with Gasteiger partial charge in [-0.2, -0.15) is 0 Å². The molecule has 0 aromatic carbocycles. The van der Waals surface area contributed by atoms with Crippen molar-refractivity contribution in [3.63, 3.8) is 0 Å².